The second kappa shape index (κ2) is 9.26. The summed E-state index contributed by atoms with van der Waals surface area (Å²) >= 11 is 6.25. The van der Waals surface area contributed by atoms with Crippen molar-refractivity contribution >= 4 is 40.4 Å². The van der Waals surface area contributed by atoms with Crippen molar-refractivity contribution in [3.63, 3.8) is 0 Å². The Bertz CT molecular complexity index is 1260. The van der Waals surface area contributed by atoms with Gasteiger partial charge < -0.3 is 19.5 Å². The summed E-state index contributed by atoms with van der Waals surface area (Å²) in [6.45, 7) is 0. The summed E-state index contributed by atoms with van der Waals surface area (Å²) in [5.41, 5.74) is 1.82. The van der Waals surface area contributed by atoms with Gasteiger partial charge in [-0.15, -0.1) is 0 Å². The molecule has 0 bridgehead atoms. The Morgan fingerprint density at radius 2 is 1.52 bits per heavy atom. The van der Waals surface area contributed by atoms with E-state index in [1.54, 1.807) is 60.7 Å². The molecule has 1 N–H and O–H groups in total. The normalized spacial score (nSPS) is 13.4. The lowest BCUT2D eigenvalue weighted by atomic mass is 10.0. The molecule has 0 atom stereocenters. The highest BCUT2D eigenvalue weighted by Gasteiger charge is 2.41. The molecule has 8 heteroatoms. The van der Waals surface area contributed by atoms with E-state index in [0.29, 0.717) is 39.2 Å². The fourth-order valence-electron chi connectivity index (χ4n) is 3.60. The number of nitrogens with one attached hydrogen (secondary N) is 1. The monoisotopic (exact) mass is 464 g/mol. The molecular formula is C25H21ClN2O5. The van der Waals surface area contributed by atoms with Crippen molar-refractivity contribution in [2.45, 2.75) is 0 Å². The van der Waals surface area contributed by atoms with Gasteiger partial charge in [0.15, 0.2) is 0 Å². The number of hydrogen-bond donors (Lipinski definition) is 1. The van der Waals surface area contributed by atoms with Gasteiger partial charge in [-0.3, -0.25) is 9.59 Å². The van der Waals surface area contributed by atoms with Crippen molar-refractivity contribution in [2.24, 2.45) is 0 Å². The van der Waals surface area contributed by atoms with Gasteiger partial charge in [0.1, 0.15) is 22.9 Å². The Hall–Kier alpha value is -3.97. The second-order valence-corrected chi connectivity index (χ2v) is 7.48. The fourth-order valence-corrected chi connectivity index (χ4v) is 3.85. The van der Waals surface area contributed by atoms with Gasteiger partial charge in [0.05, 0.1) is 37.6 Å². The van der Waals surface area contributed by atoms with Crippen LogP contribution in [0.4, 0.5) is 11.4 Å². The standard InChI is InChI=1S/C25H21ClN2O5/c1-31-17-10-11-19(21(14-17)33-3)28-24(29)22(15-7-5-4-6-8-15)23(25(28)30)27-16-9-12-20(32-2)18(26)13-16/h4-14,27H,1-3H3. The third kappa shape index (κ3) is 4.10. The molecule has 2 amide bonds. The maximum atomic E-state index is 13.6. The molecule has 1 aliphatic heterocycles. The number of ether oxygens (including phenoxy) is 3. The molecular weight excluding hydrogens is 444 g/mol. The van der Waals surface area contributed by atoms with Crippen molar-refractivity contribution in [3.05, 3.63) is 83.0 Å². The molecule has 0 spiro atoms. The SMILES string of the molecule is COc1ccc(N2C(=O)C(Nc3ccc(OC)c(Cl)c3)=C(c3ccccc3)C2=O)c(OC)c1. The zero-order valence-electron chi connectivity index (χ0n) is 18.2. The zero-order valence-corrected chi connectivity index (χ0v) is 19.0. The van der Waals surface area contributed by atoms with E-state index >= 15 is 0 Å². The highest BCUT2D eigenvalue weighted by atomic mass is 35.5. The highest BCUT2D eigenvalue weighted by Crippen LogP contribution is 2.39. The van der Waals surface area contributed by atoms with E-state index in [1.807, 2.05) is 6.07 Å². The highest BCUT2D eigenvalue weighted by molar-refractivity contribution is 6.46. The van der Waals surface area contributed by atoms with Gasteiger partial charge in [-0.1, -0.05) is 41.9 Å². The third-order valence-electron chi connectivity index (χ3n) is 5.20. The smallest absolute Gasteiger partial charge is 0.282 e. The first-order valence-corrected chi connectivity index (χ1v) is 10.4. The summed E-state index contributed by atoms with van der Waals surface area (Å²) < 4.78 is 15.9. The first-order chi connectivity index (χ1) is 16.0. The van der Waals surface area contributed by atoms with Gasteiger partial charge in [0.2, 0.25) is 0 Å². The van der Waals surface area contributed by atoms with Gasteiger partial charge in [-0.05, 0) is 35.9 Å². The Labute approximate surface area is 196 Å². The van der Waals surface area contributed by atoms with E-state index in [1.165, 1.54) is 21.3 Å². The Kier molecular flexibility index (Phi) is 6.24. The Morgan fingerprint density at radius 1 is 0.788 bits per heavy atom. The first kappa shape index (κ1) is 22.2. The summed E-state index contributed by atoms with van der Waals surface area (Å²) in [5.74, 6) is 0.373. The van der Waals surface area contributed by atoms with Gasteiger partial charge in [0, 0.05) is 11.8 Å². The molecule has 3 aromatic carbocycles. The number of benzene rings is 3. The number of amides is 2. The van der Waals surface area contributed by atoms with E-state index in [9.17, 15) is 9.59 Å². The molecule has 1 heterocycles. The number of methoxy groups -OCH3 is 3. The summed E-state index contributed by atoms with van der Waals surface area (Å²) in [5, 5.41) is 3.45. The number of halogens is 1. The summed E-state index contributed by atoms with van der Waals surface area (Å²) in [4.78, 5) is 28.2. The Balaban J connectivity index is 1.81. The van der Waals surface area contributed by atoms with Crippen LogP contribution in [0.2, 0.25) is 5.02 Å². The topological polar surface area (TPSA) is 77.1 Å². The zero-order chi connectivity index (χ0) is 23.5. The van der Waals surface area contributed by atoms with Crippen LogP contribution in [0.15, 0.2) is 72.4 Å². The maximum Gasteiger partial charge on any atom is 0.282 e. The molecule has 0 aliphatic carbocycles. The van der Waals surface area contributed by atoms with Gasteiger partial charge >= 0.3 is 0 Å². The number of anilines is 2. The van der Waals surface area contributed by atoms with Crippen LogP contribution in [0.25, 0.3) is 5.57 Å². The molecule has 168 valence electrons. The van der Waals surface area contributed by atoms with Crippen molar-refractivity contribution in [3.8, 4) is 17.2 Å². The number of carbonyl (C=O) groups is 2. The first-order valence-electron chi connectivity index (χ1n) is 9.99. The lowest BCUT2D eigenvalue weighted by molar-refractivity contribution is -0.120. The van der Waals surface area contributed by atoms with Crippen LogP contribution in [0.1, 0.15) is 5.56 Å². The number of rotatable bonds is 7. The largest absolute Gasteiger partial charge is 0.497 e. The summed E-state index contributed by atoms with van der Waals surface area (Å²) in [6.07, 6.45) is 0. The average Bonchev–Trinajstić information content (AvgIpc) is 3.08. The summed E-state index contributed by atoms with van der Waals surface area (Å²) in [7, 11) is 4.51. The molecule has 0 saturated carbocycles. The van der Waals surface area contributed by atoms with Gasteiger partial charge in [0.25, 0.3) is 11.8 Å². The van der Waals surface area contributed by atoms with Crippen LogP contribution in [0.5, 0.6) is 17.2 Å². The number of carbonyl (C=O) groups excluding carboxylic acids is 2. The lowest BCUT2D eigenvalue weighted by Gasteiger charge is -2.19. The average molecular weight is 465 g/mol. The van der Waals surface area contributed by atoms with Crippen LogP contribution in [0, 0.1) is 0 Å². The van der Waals surface area contributed by atoms with Crippen LogP contribution in [-0.2, 0) is 9.59 Å². The minimum atomic E-state index is -0.519. The van der Waals surface area contributed by atoms with Crippen LogP contribution < -0.4 is 24.4 Å². The molecule has 1 aliphatic rings. The van der Waals surface area contributed by atoms with Crippen molar-refractivity contribution in [2.75, 3.05) is 31.5 Å². The number of imide groups is 1. The van der Waals surface area contributed by atoms with Crippen molar-refractivity contribution < 1.29 is 23.8 Å². The molecule has 0 fully saturated rings. The van der Waals surface area contributed by atoms with Crippen molar-refractivity contribution in [1.29, 1.82) is 0 Å². The van der Waals surface area contributed by atoms with E-state index in [-0.39, 0.29) is 11.3 Å². The minimum absolute atomic E-state index is 0.130. The fraction of sp³-hybridized carbons (Fsp3) is 0.120. The molecule has 0 saturated heterocycles. The van der Waals surface area contributed by atoms with Crippen LogP contribution in [0.3, 0.4) is 0 Å². The van der Waals surface area contributed by atoms with Gasteiger partial charge in [-0.25, -0.2) is 4.90 Å². The molecule has 0 aromatic heterocycles. The molecule has 3 aromatic rings. The predicted molar refractivity (Wildman–Crippen MR) is 127 cm³/mol. The summed E-state index contributed by atoms with van der Waals surface area (Å²) in [6, 6.07) is 18.9. The molecule has 4 rings (SSSR count). The van der Waals surface area contributed by atoms with Crippen LogP contribution in [-0.4, -0.2) is 33.1 Å². The van der Waals surface area contributed by atoms with E-state index < -0.39 is 11.8 Å². The van der Waals surface area contributed by atoms with Gasteiger partial charge in [-0.2, -0.15) is 0 Å². The van der Waals surface area contributed by atoms with Crippen molar-refractivity contribution in [1.82, 2.24) is 0 Å². The van der Waals surface area contributed by atoms with E-state index in [2.05, 4.69) is 5.32 Å². The molecule has 33 heavy (non-hydrogen) atoms. The number of hydrogen-bond acceptors (Lipinski definition) is 6. The molecule has 0 radical (unpaired) electrons. The second-order valence-electron chi connectivity index (χ2n) is 7.07. The third-order valence-corrected chi connectivity index (χ3v) is 5.49. The maximum absolute atomic E-state index is 13.6. The molecule has 0 unspecified atom stereocenters. The van der Waals surface area contributed by atoms with E-state index in [4.69, 9.17) is 25.8 Å². The number of nitrogens with zero attached hydrogens (tertiary/aromatic N) is 1. The predicted octanol–water partition coefficient (Wildman–Crippen LogP) is 4.76. The Morgan fingerprint density at radius 3 is 2.15 bits per heavy atom. The lowest BCUT2D eigenvalue weighted by Crippen LogP contribution is -2.32. The molecule has 7 nitrogen and oxygen atoms in total. The van der Waals surface area contributed by atoms with E-state index in [0.717, 1.165) is 4.90 Å². The van der Waals surface area contributed by atoms with Crippen LogP contribution >= 0.6 is 11.6 Å². The minimum Gasteiger partial charge on any atom is -0.497 e. The quantitative estimate of drug-likeness (QED) is 0.508.